The van der Waals surface area contributed by atoms with E-state index in [0.717, 1.165) is 4.47 Å². The van der Waals surface area contributed by atoms with Crippen LogP contribution in [0.3, 0.4) is 0 Å². The zero-order chi connectivity index (χ0) is 16.0. The van der Waals surface area contributed by atoms with Gasteiger partial charge in [0.1, 0.15) is 5.75 Å². The monoisotopic (exact) mass is 357 g/mol. The van der Waals surface area contributed by atoms with Gasteiger partial charge in [-0.1, -0.05) is 15.9 Å². The van der Waals surface area contributed by atoms with Gasteiger partial charge in [0.2, 0.25) is 0 Å². The molecule has 0 spiro atoms. The second kappa shape index (κ2) is 8.02. The Balaban J connectivity index is 2.44. The maximum atomic E-state index is 11.8. The van der Waals surface area contributed by atoms with Gasteiger partial charge in [-0.25, -0.2) is 4.79 Å². The number of nitrogens with zero attached hydrogens (tertiary/aromatic N) is 1. The molecule has 5 nitrogen and oxygen atoms in total. The van der Waals surface area contributed by atoms with Gasteiger partial charge < -0.3 is 14.4 Å². The normalized spacial score (nSPS) is 11.9. The Morgan fingerprint density at radius 3 is 2.29 bits per heavy atom. The molecule has 0 N–H and O–H groups in total. The summed E-state index contributed by atoms with van der Waals surface area (Å²) in [6, 6.07) is 7.17. The fourth-order valence-corrected chi connectivity index (χ4v) is 1.67. The Morgan fingerprint density at radius 1 is 1.19 bits per heavy atom. The highest BCUT2D eigenvalue weighted by atomic mass is 79.9. The predicted octanol–water partition coefficient (Wildman–Crippen LogP) is 2.63. The molecule has 1 atom stereocenters. The third kappa shape index (κ3) is 5.75. The van der Waals surface area contributed by atoms with Crippen LogP contribution < -0.4 is 4.74 Å². The lowest BCUT2D eigenvalue weighted by molar-refractivity contribution is -0.157. The van der Waals surface area contributed by atoms with Crippen LogP contribution in [0.1, 0.15) is 20.8 Å². The zero-order valence-electron chi connectivity index (χ0n) is 12.6. The number of esters is 1. The highest BCUT2D eigenvalue weighted by Crippen LogP contribution is 2.17. The van der Waals surface area contributed by atoms with E-state index in [9.17, 15) is 9.59 Å². The van der Waals surface area contributed by atoms with Gasteiger partial charge in [-0.15, -0.1) is 0 Å². The quantitative estimate of drug-likeness (QED) is 0.734. The average molecular weight is 358 g/mol. The summed E-state index contributed by atoms with van der Waals surface area (Å²) in [7, 11) is 1.67. The highest BCUT2D eigenvalue weighted by Gasteiger charge is 2.19. The van der Waals surface area contributed by atoms with Gasteiger partial charge in [-0.2, -0.15) is 0 Å². The van der Waals surface area contributed by atoms with Crippen molar-refractivity contribution >= 4 is 27.8 Å². The summed E-state index contributed by atoms with van der Waals surface area (Å²) in [6.07, 6.45) is -0.775. The molecule has 1 rings (SSSR count). The third-order valence-electron chi connectivity index (χ3n) is 2.96. The molecule has 0 aliphatic heterocycles. The molecule has 0 saturated carbocycles. The molecule has 21 heavy (non-hydrogen) atoms. The number of halogens is 1. The van der Waals surface area contributed by atoms with Crippen molar-refractivity contribution in [1.82, 2.24) is 4.90 Å². The first-order chi connectivity index (χ1) is 9.81. The molecule has 0 fully saturated rings. The fraction of sp³-hybridized carbons (Fsp3) is 0.467. The summed E-state index contributed by atoms with van der Waals surface area (Å²) in [5.41, 5.74) is 0. The number of amides is 1. The second-order valence-corrected chi connectivity index (χ2v) is 5.84. The molecular weight excluding hydrogens is 338 g/mol. The third-order valence-corrected chi connectivity index (χ3v) is 3.49. The maximum Gasteiger partial charge on any atom is 0.347 e. The Kier molecular flexibility index (Phi) is 6.68. The molecule has 0 aromatic heterocycles. The zero-order valence-corrected chi connectivity index (χ0v) is 14.2. The predicted molar refractivity (Wildman–Crippen MR) is 83.1 cm³/mol. The van der Waals surface area contributed by atoms with Gasteiger partial charge >= 0.3 is 5.97 Å². The molecule has 0 aliphatic rings. The molecule has 0 saturated heterocycles. The second-order valence-electron chi connectivity index (χ2n) is 4.92. The summed E-state index contributed by atoms with van der Waals surface area (Å²) in [5.74, 6) is -0.245. The van der Waals surface area contributed by atoms with E-state index < -0.39 is 12.1 Å². The van der Waals surface area contributed by atoms with Crippen LogP contribution in [0.5, 0.6) is 5.75 Å². The summed E-state index contributed by atoms with van der Waals surface area (Å²) in [4.78, 5) is 25.0. The van der Waals surface area contributed by atoms with Gasteiger partial charge in [-0.3, -0.25) is 4.79 Å². The minimum absolute atomic E-state index is 0.0626. The SMILES string of the molecule is CC(Oc1ccc(Br)cc1)C(=O)OCC(=O)N(C)C(C)C. The first kappa shape index (κ1) is 17.5. The van der Waals surface area contributed by atoms with E-state index in [0.29, 0.717) is 5.75 Å². The van der Waals surface area contributed by atoms with Crippen LogP contribution in [0.15, 0.2) is 28.7 Å². The number of hydrogen-bond donors (Lipinski definition) is 0. The smallest absolute Gasteiger partial charge is 0.347 e. The van der Waals surface area contributed by atoms with Gasteiger partial charge in [-0.05, 0) is 45.0 Å². The Morgan fingerprint density at radius 2 is 1.76 bits per heavy atom. The maximum absolute atomic E-state index is 11.8. The summed E-state index contributed by atoms with van der Waals surface area (Å²) < 4.78 is 11.3. The van der Waals surface area contributed by atoms with Crippen LogP contribution in [-0.4, -0.2) is 42.6 Å². The average Bonchev–Trinajstić information content (AvgIpc) is 2.45. The van der Waals surface area contributed by atoms with Crippen LogP contribution in [-0.2, 0) is 14.3 Å². The molecule has 1 unspecified atom stereocenters. The van der Waals surface area contributed by atoms with Gasteiger partial charge in [0.15, 0.2) is 12.7 Å². The number of ether oxygens (including phenoxy) is 2. The van der Waals surface area contributed by atoms with Crippen LogP contribution >= 0.6 is 15.9 Å². The van der Waals surface area contributed by atoms with Gasteiger partial charge in [0.25, 0.3) is 5.91 Å². The minimum Gasteiger partial charge on any atom is -0.479 e. The highest BCUT2D eigenvalue weighted by molar-refractivity contribution is 9.10. The number of carbonyl (C=O) groups is 2. The number of hydrogen-bond acceptors (Lipinski definition) is 4. The van der Waals surface area contributed by atoms with E-state index in [1.165, 1.54) is 4.90 Å². The molecule has 1 amide bonds. The van der Waals surface area contributed by atoms with Crippen molar-refractivity contribution in [1.29, 1.82) is 0 Å². The van der Waals surface area contributed by atoms with Crippen LogP contribution in [0.2, 0.25) is 0 Å². The standard InChI is InChI=1S/C15H20BrNO4/c1-10(2)17(4)14(18)9-20-15(19)11(3)21-13-7-5-12(16)6-8-13/h5-8,10-11H,9H2,1-4H3. The van der Waals surface area contributed by atoms with Gasteiger partial charge in [0.05, 0.1) is 0 Å². The van der Waals surface area contributed by atoms with Crippen molar-refractivity contribution in [2.45, 2.75) is 32.9 Å². The molecule has 6 heteroatoms. The molecule has 0 radical (unpaired) electrons. The number of carbonyl (C=O) groups excluding carboxylic acids is 2. The summed E-state index contributed by atoms with van der Waals surface area (Å²) in [5, 5.41) is 0. The van der Waals surface area contributed by atoms with Crippen molar-refractivity contribution < 1.29 is 19.1 Å². The van der Waals surface area contributed by atoms with Crippen molar-refractivity contribution in [3.05, 3.63) is 28.7 Å². The Hall–Kier alpha value is -1.56. The van der Waals surface area contributed by atoms with Crippen LogP contribution in [0, 0.1) is 0 Å². The van der Waals surface area contributed by atoms with E-state index >= 15 is 0 Å². The largest absolute Gasteiger partial charge is 0.479 e. The lowest BCUT2D eigenvalue weighted by atomic mass is 10.3. The van der Waals surface area contributed by atoms with E-state index in [2.05, 4.69) is 15.9 Å². The molecule has 1 aromatic rings. The summed E-state index contributed by atoms with van der Waals surface area (Å²) in [6.45, 7) is 5.08. The molecule has 0 bridgehead atoms. The fourth-order valence-electron chi connectivity index (χ4n) is 1.41. The molecule has 0 aliphatic carbocycles. The van der Waals surface area contributed by atoms with Crippen LogP contribution in [0.25, 0.3) is 0 Å². The van der Waals surface area contributed by atoms with E-state index in [1.54, 1.807) is 26.1 Å². The van der Waals surface area contributed by atoms with E-state index in [1.807, 2.05) is 26.0 Å². The van der Waals surface area contributed by atoms with Gasteiger partial charge in [0, 0.05) is 17.6 Å². The minimum atomic E-state index is -0.775. The number of benzene rings is 1. The number of rotatable bonds is 6. The first-order valence-corrected chi connectivity index (χ1v) is 7.45. The lowest BCUT2D eigenvalue weighted by Gasteiger charge is -2.21. The van der Waals surface area contributed by atoms with Crippen molar-refractivity contribution in [2.24, 2.45) is 0 Å². The topological polar surface area (TPSA) is 55.8 Å². The lowest BCUT2D eigenvalue weighted by Crippen LogP contribution is -2.37. The van der Waals surface area contributed by atoms with Crippen molar-refractivity contribution in [2.75, 3.05) is 13.7 Å². The summed E-state index contributed by atoms with van der Waals surface area (Å²) >= 11 is 3.32. The first-order valence-electron chi connectivity index (χ1n) is 6.65. The molecule has 0 heterocycles. The van der Waals surface area contributed by atoms with E-state index in [-0.39, 0.29) is 18.6 Å². The molecule has 116 valence electrons. The Labute approximate surface area is 133 Å². The van der Waals surface area contributed by atoms with Crippen LogP contribution in [0.4, 0.5) is 0 Å². The molecule has 1 aromatic carbocycles. The molecular formula is C15H20BrNO4. The van der Waals surface area contributed by atoms with Crippen molar-refractivity contribution in [3.8, 4) is 5.75 Å². The van der Waals surface area contributed by atoms with Crippen molar-refractivity contribution in [3.63, 3.8) is 0 Å². The Bertz CT molecular complexity index is 487. The van der Waals surface area contributed by atoms with E-state index in [4.69, 9.17) is 9.47 Å². The number of likely N-dealkylation sites (N-methyl/N-ethyl adjacent to an activating group) is 1.